The molecule has 0 aromatic carbocycles. The van der Waals surface area contributed by atoms with Gasteiger partial charge in [0.2, 0.25) is 0 Å². The van der Waals surface area contributed by atoms with Crippen LogP contribution in [-0.4, -0.2) is 51.5 Å². The Hall–Kier alpha value is -1.63. The van der Waals surface area contributed by atoms with Crippen LogP contribution in [0.5, 0.6) is 0 Å². The second-order valence-corrected chi connectivity index (χ2v) is 19.4. The minimum absolute atomic E-state index is 0.0417. The SMILES string of the molecule is CCCCCCCCC=CCCCCCCCC(=O)C(CCCCCCCCCCCCCCCC)(C(=O)CCCCCCCC=CCCCCCCCC)C(=O)C(O)(CO)CO. The third-order valence-electron chi connectivity index (χ3n) is 13.5. The molecule has 0 unspecified atom stereocenters. The van der Waals surface area contributed by atoms with Crippen LogP contribution in [0.4, 0.5) is 0 Å². The van der Waals surface area contributed by atoms with Crippen molar-refractivity contribution >= 4 is 17.3 Å². The summed E-state index contributed by atoms with van der Waals surface area (Å²) in [5.41, 5.74) is -4.56. The van der Waals surface area contributed by atoms with Gasteiger partial charge in [-0.3, -0.25) is 14.4 Å². The van der Waals surface area contributed by atoms with Gasteiger partial charge in [0.15, 0.2) is 23.0 Å². The number of ketones is 3. The Morgan fingerprint density at radius 1 is 0.349 bits per heavy atom. The first-order chi connectivity index (χ1) is 30.8. The highest BCUT2D eigenvalue weighted by atomic mass is 16.4. The van der Waals surface area contributed by atoms with Crippen molar-refractivity contribution in [1.82, 2.24) is 0 Å². The summed E-state index contributed by atoms with van der Waals surface area (Å²) < 4.78 is 0. The number of allylic oxidation sites excluding steroid dienone is 4. The van der Waals surface area contributed by atoms with Crippen molar-refractivity contribution in [2.75, 3.05) is 13.2 Å². The quantitative estimate of drug-likeness (QED) is 0.0319. The van der Waals surface area contributed by atoms with Crippen LogP contribution in [0.3, 0.4) is 0 Å². The summed E-state index contributed by atoms with van der Waals surface area (Å²) in [5, 5.41) is 31.5. The van der Waals surface area contributed by atoms with Crippen molar-refractivity contribution < 1.29 is 29.7 Å². The molecule has 0 saturated carbocycles. The summed E-state index contributed by atoms with van der Waals surface area (Å²) in [5.74, 6) is -1.86. The van der Waals surface area contributed by atoms with Crippen molar-refractivity contribution in [3.05, 3.63) is 24.3 Å². The van der Waals surface area contributed by atoms with Crippen LogP contribution in [0.15, 0.2) is 24.3 Å². The lowest BCUT2D eigenvalue weighted by Gasteiger charge is -2.36. The Bertz CT molecular complexity index is 1040. The largest absolute Gasteiger partial charge is 0.393 e. The zero-order chi connectivity index (χ0) is 46.4. The van der Waals surface area contributed by atoms with Crippen molar-refractivity contribution in [2.24, 2.45) is 5.41 Å². The van der Waals surface area contributed by atoms with E-state index in [1.54, 1.807) is 0 Å². The van der Waals surface area contributed by atoms with Gasteiger partial charge in [0.25, 0.3) is 0 Å². The Morgan fingerprint density at radius 3 is 0.857 bits per heavy atom. The lowest BCUT2D eigenvalue weighted by Crippen LogP contribution is -2.59. The van der Waals surface area contributed by atoms with Crippen molar-refractivity contribution in [2.45, 2.75) is 302 Å². The number of carbonyl (C=O) groups is 3. The first-order valence-electron chi connectivity index (χ1n) is 27.7. The van der Waals surface area contributed by atoms with Crippen molar-refractivity contribution in [3.63, 3.8) is 0 Å². The maximum atomic E-state index is 14.4. The molecule has 0 saturated heterocycles. The predicted octanol–water partition coefficient (Wildman–Crippen LogP) is 16.3. The first kappa shape index (κ1) is 61.4. The molecule has 6 heteroatoms. The normalized spacial score (nSPS) is 13.1. The second kappa shape index (κ2) is 45.5. The Morgan fingerprint density at radius 2 is 0.587 bits per heavy atom. The van der Waals surface area contributed by atoms with Gasteiger partial charge in [-0.2, -0.15) is 0 Å². The van der Waals surface area contributed by atoms with Crippen molar-refractivity contribution in [1.29, 1.82) is 0 Å². The van der Waals surface area contributed by atoms with Crippen LogP contribution in [-0.2, 0) is 14.4 Å². The van der Waals surface area contributed by atoms with Crippen LogP contribution in [0.2, 0.25) is 0 Å². The second-order valence-electron chi connectivity index (χ2n) is 19.4. The minimum Gasteiger partial charge on any atom is -0.393 e. The summed E-state index contributed by atoms with van der Waals surface area (Å²) in [6.45, 7) is 4.71. The summed E-state index contributed by atoms with van der Waals surface area (Å²) in [6.07, 6.45) is 55.2. The number of carbonyl (C=O) groups excluding carboxylic acids is 3. The van der Waals surface area contributed by atoms with Crippen LogP contribution < -0.4 is 0 Å². The average molecular weight is 887 g/mol. The number of hydrogen-bond donors (Lipinski definition) is 3. The van der Waals surface area contributed by atoms with Crippen LogP contribution in [0, 0.1) is 5.41 Å². The standard InChI is InChI=1S/C57H106O6/c1-4-7-10-13-16-19-22-25-28-30-33-36-39-42-45-48-53(60)57(55(62)56(63,51-58)52-59,50-47-44-41-38-35-32-27-24-21-18-15-12-9-6-3)54(61)49-46-43-40-37-34-31-29-26-23-20-17-14-11-8-5-2/h25-26,28-29,58-59,63H,4-24,27,30-52H2,1-3H3. The van der Waals surface area contributed by atoms with E-state index in [1.165, 1.54) is 135 Å². The third-order valence-corrected chi connectivity index (χ3v) is 13.5. The predicted molar refractivity (Wildman–Crippen MR) is 270 cm³/mol. The van der Waals surface area contributed by atoms with E-state index >= 15 is 0 Å². The third kappa shape index (κ3) is 32.7. The van der Waals surface area contributed by atoms with E-state index in [-0.39, 0.29) is 19.3 Å². The average Bonchev–Trinajstić information content (AvgIpc) is 3.29. The zero-order valence-electron chi connectivity index (χ0n) is 42.2. The molecule has 0 amide bonds. The number of Topliss-reactive ketones (excluding diaryl/α,β-unsaturated/α-hetero) is 3. The molecular formula is C57H106O6. The molecule has 6 nitrogen and oxygen atoms in total. The molecule has 0 rings (SSSR count). The summed E-state index contributed by atoms with van der Waals surface area (Å²) in [4.78, 5) is 43.0. The highest BCUT2D eigenvalue weighted by Gasteiger charge is 2.56. The Kier molecular flexibility index (Phi) is 44.3. The highest BCUT2D eigenvalue weighted by molar-refractivity contribution is 6.26. The van der Waals surface area contributed by atoms with E-state index in [0.717, 1.165) is 103 Å². The fraction of sp³-hybridized carbons (Fsp3) is 0.877. The van der Waals surface area contributed by atoms with E-state index in [2.05, 4.69) is 45.1 Å². The number of unbranched alkanes of at least 4 members (excludes halogenated alkanes) is 35. The van der Waals surface area contributed by atoms with Gasteiger partial charge in [-0.1, -0.05) is 238 Å². The minimum atomic E-state index is -2.54. The molecule has 0 aromatic heterocycles. The van der Waals surface area contributed by atoms with Gasteiger partial charge in [-0.25, -0.2) is 0 Å². The molecule has 0 atom stereocenters. The van der Waals surface area contributed by atoms with Crippen LogP contribution in [0.1, 0.15) is 297 Å². The number of hydrogen-bond acceptors (Lipinski definition) is 6. The highest BCUT2D eigenvalue weighted by Crippen LogP contribution is 2.37. The Balaban J connectivity index is 5.27. The van der Waals surface area contributed by atoms with E-state index < -0.39 is 41.6 Å². The van der Waals surface area contributed by atoms with Crippen LogP contribution in [0.25, 0.3) is 0 Å². The van der Waals surface area contributed by atoms with Gasteiger partial charge in [0.05, 0.1) is 13.2 Å². The molecule has 3 N–H and O–H groups in total. The number of aliphatic hydroxyl groups excluding tert-OH is 2. The molecule has 0 aromatic rings. The van der Waals surface area contributed by atoms with Gasteiger partial charge < -0.3 is 15.3 Å². The Labute approximate surface area is 391 Å². The summed E-state index contributed by atoms with van der Waals surface area (Å²) in [7, 11) is 0. The molecule has 0 heterocycles. The molecule has 0 spiro atoms. The molecule has 0 aliphatic heterocycles. The fourth-order valence-corrected chi connectivity index (χ4v) is 9.12. The lowest BCUT2D eigenvalue weighted by molar-refractivity contribution is -0.166. The van der Waals surface area contributed by atoms with Gasteiger partial charge in [-0.05, 0) is 70.6 Å². The zero-order valence-corrected chi connectivity index (χ0v) is 42.2. The van der Waals surface area contributed by atoms with Gasteiger partial charge in [-0.15, -0.1) is 0 Å². The van der Waals surface area contributed by atoms with Crippen molar-refractivity contribution in [3.8, 4) is 0 Å². The molecule has 0 aliphatic rings. The topological polar surface area (TPSA) is 112 Å². The lowest BCUT2D eigenvalue weighted by atomic mass is 9.65. The summed E-state index contributed by atoms with van der Waals surface area (Å²) >= 11 is 0. The smallest absolute Gasteiger partial charge is 0.190 e. The molecule has 0 fully saturated rings. The molecule has 63 heavy (non-hydrogen) atoms. The van der Waals surface area contributed by atoms with E-state index in [0.29, 0.717) is 19.3 Å². The van der Waals surface area contributed by atoms with E-state index in [4.69, 9.17) is 0 Å². The molecule has 370 valence electrons. The number of aliphatic hydroxyl groups is 3. The van der Waals surface area contributed by atoms with Crippen LogP contribution >= 0.6 is 0 Å². The molecule has 0 radical (unpaired) electrons. The maximum Gasteiger partial charge on any atom is 0.190 e. The summed E-state index contributed by atoms with van der Waals surface area (Å²) in [6, 6.07) is 0. The van der Waals surface area contributed by atoms with E-state index in [9.17, 15) is 29.7 Å². The van der Waals surface area contributed by atoms with Gasteiger partial charge in [0, 0.05) is 12.8 Å². The monoisotopic (exact) mass is 887 g/mol. The van der Waals surface area contributed by atoms with E-state index in [1.807, 2.05) is 0 Å². The maximum absolute atomic E-state index is 14.4. The fourth-order valence-electron chi connectivity index (χ4n) is 9.12. The number of rotatable bonds is 51. The first-order valence-corrected chi connectivity index (χ1v) is 27.7. The van der Waals surface area contributed by atoms with Gasteiger partial charge >= 0.3 is 0 Å². The molecular weight excluding hydrogens is 781 g/mol. The molecule has 0 aliphatic carbocycles. The molecule has 0 bridgehead atoms. The van der Waals surface area contributed by atoms with Gasteiger partial charge in [0.1, 0.15) is 5.41 Å².